The van der Waals surface area contributed by atoms with E-state index in [2.05, 4.69) is 11.5 Å². The van der Waals surface area contributed by atoms with Gasteiger partial charge in [-0.3, -0.25) is 13.9 Å². The lowest BCUT2D eigenvalue weighted by Gasteiger charge is -2.28. The fraction of sp³-hybridized carbons (Fsp3) is 0.333. The fourth-order valence-electron chi connectivity index (χ4n) is 4.84. The van der Waals surface area contributed by atoms with Crippen LogP contribution in [0.25, 0.3) is 22.2 Å². The van der Waals surface area contributed by atoms with Crippen molar-refractivity contribution >= 4 is 10.9 Å². The number of rotatable bonds is 6. The van der Waals surface area contributed by atoms with E-state index in [4.69, 9.17) is 14.2 Å². The Morgan fingerprint density at radius 1 is 0.971 bits per heavy atom. The molecule has 4 aromatic rings. The molecule has 35 heavy (non-hydrogen) atoms. The average molecular weight is 476 g/mol. The van der Waals surface area contributed by atoms with Gasteiger partial charge in [0.1, 0.15) is 17.6 Å². The molecular formula is C27H29N3O5. The van der Waals surface area contributed by atoms with Gasteiger partial charge in [-0.25, -0.2) is 4.79 Å². The Kier molecular flexibility index (Phi) is 5.98. The van der Waals surface area contributed by atoms with Crippen molar-refractivity contribution in [2.24, 2.45) is 14.1 Å². The zero-order valence-corrected chi connectivity index (χ0v) is 20.4. The summed E-state index contributed by atoms with van der Waals surface area (Å²) in [5.74, 6) is 1.53. The smallest absolute Gasteiger partial charge is 0.331 e. The van der Waals surface area contributed by atoms with E-state index >= 15 is 0 Å². The topological polar surface area (TPSA) is 76.6 Å². The lowest BCUT2D eigenvalue weighted by molar-refractivity contribution is 0.0478. The van der Waals surface area contributed by atoms with Crippen LogP contribution in [0.5, 0.6) is 11.5 Å². The minimum absolute atomic E-state index is 0.321. The highest BCUT2D eigenvalue weighted by Crippen LogP contribution is 2.41. The average Bonchev–Trinajstić information content (AvgIpc) is 3.25. The number of aromatic nitrogens is 3. The minimum Gasteiger partial charge on any atom is -0.497 e. The first-order valence-corrected chi connectivity index (χ1v) is 11.8. The van der Waals surface area contributed by atoms with Crippen molar-refractivity contribution in [3.8, 4) is 22.8 Å². The maximum absolute atomic E-state index is 13.5. The van der Waals surface area contributed by atoms with Gasteiger partial charge >= 0.3 is 5.69 Å². The molecule has 1 aliphatic heterocycles. The van der Waals surface area contributed by atoms with Crippen molar-refractivity contribution in [1.82, 2.24) is 13.7 Å². The molecule has 0 spiro atoms. The Bertz CT molecular complexity index is 1490. The molecule has 0 saturated heterocycles. The number of benzene rings is 2. The summed E-state index contributed by atoms with van der Waals surface area (Å²) in [5.41, 5.74) is 3.30. The zero-order valence-electron chi connectivity index (χ0n) is 20.4. The second-order valence-electron chi connectivity index (χ2n) is 8.71. The SMILES string of the molecule is CCCOc1ccc([C@H]2OCCn3c(-c4ccc(OC)cc4)c4c(=O)n(C)c(=O)n(C)c4c32)cc1. The van der Waals surface area contributed by atoms with Gasteiger partial charge in [0, 0.05) is 20.6 Å². The molecule has 0 unspecified atom stereocenters. The van der Waals surface area contributed by atoms with Gasteiger partial charge in [-0.1, -0.05) is 19.1 Å². The van der Waals surface area contributed by atoms with Crippen LogP contribution in [0.4, 0.5) is 0 Å². The predicted molar refractivity (Wildman–Crippen MR) is 134 cm³/mol. The van der Waals surface area contributed by atoms with Gasteiger partial charge in [-0.05, 0) is 53.9 Å². The predicted octanol–water partition coefficient (Wildman–Crippen LogP) is 3.62. The van der Waals surface area contributed by atoms with E-state index in [0.717, 1.165) is 45.0 Å². The molecule has 8 nitrogen and oxygen atoms in total. The summed E-state index contributed by atoms with van der Waals surface area (Å²) < 4.78 is 22.2. The van der Waals surface area contributed by atoms with Crippen LogP contribution in [0.15, 0.2) is 58.1 Å². The first-order valence-electron chi connectivity index (χ1n) is 11.8. The minimum atomic E-state index is -0.434. The largest absolute Gasteiger partial charge is 0.497 e. The van der Waals surface area contributed by atoms with E-state index < -0.39 is 6.10 Å². The standard InChI is InChI=1S/C27H29N3O5/c1-5-15-34-20-12-8-18(9-13-20)25-24-23-21(26(31)29(3)27(32)28(23)2)22(30(24)14-16-35-25)17-6-10-19(33-4)11-7-17/h6-13,25H,5,14-16H2,1-4H3/t25-/m1/s1. The number of ether oxygens (including phenoxy) is 3. The highest BCUT2D eigenvalue weighted by molar-refractivity contribution is 5.96. The monoisotopic (exact) mass is 475 g/mol. The molecule has 0 radical (unpaired) electrons. The fourth-order valence-corrected chi connectivity index (χ4v) is 4.84. The molecular weight excluding hydrogens is 446 g/mol. The van der Waals surface area contributed by atoms with Gasteiger partial charge in [0.25, 0.3) is 5.56 Å². The molecule has 2 aromatic heterocycles. The summed E-state index contributed by atoms with van der Waals surface area (Å²) in [4.78, 5) is 26.4. The van der Waals surface area contributed by atoms with Crippen LogP contribution in [0.2, 0.25) is 0 Å². The van der Waals surface area contributed by atoms with Crippen LogP contribution < -0.4 is 20.7 Å². The molecule has 1 atom stereocenters. The molecule has 0 aliphatic carbocycles. The van der Waals surface area contributed by atoms with Gasteiger partial charge in [0.05, 0.1) is 42.6 Å². The highest BCUT2D eigenvalue weighted by atomic mass is 16.5. The lowest BCUT2D eigenvalue weighted by atomic mass is 10.0. The third-order valence-electron chi connectivity index (χ3n) is 6.57. The Morgan fingerprint density at radius 2 is 1.66 bits per heavy atom. The van der Waals surface area contributed by atoms with Crippen molar-refractivity contribution in [3.63, 3.8) is 0 Å². The first kappa shape index (κ1) is 23.0. The van der Waals surface area contributed by atoms with Crippen molar-refractivity contribution in [2.75, 3.05) is 20.3 Å². The van der Waals surface area contributed by atoms with E-state index in [-0.39, 0.29) is 11.2 Å². The van der Waals surface area contributed by atoms with Crippen molar-refractivity contribution in [2.45, 2.75) is 26.0 Å². The molecule has 0 saturated carbocycles. The molecule has 0 N–H and O–H groups in total. The number of hydrogen-bond acceptors (Lipinski definition) is 5. The van der Waals surface area contributed by atoms with Gasteiger partial charge in [0.2, 0.25) is 0 Å². The summed E-state index contributed by atoms with van der Waals surface area (Å²) in [6.45, 7) is 3.77. The van der Waals surface area contributed by atoms with Crippen LogP contribution in [0.3, 0.4) is 0 Å². The Morgan fingerprint density at radius 3 is 2.31 bits per heavy atom. The van der Waals surface area contributed by atoms with Crippen LogP contribution >= 0.6 is 0 Å². The van der Waals surface area contributed by atoms with Crippen LogP contribution in [-0.4, -0.2) is 34.0 Å². The van der Waals surface area contributed by atoms with Crippen molar-refractivity contribution in [1.29, 1.82) is 0 Å². The molecule has 1 aliphatic rings. The molecule has 182 valence electrons. The first-order chi connectivity index (χ1) is 17.0. The molecule has 0 amide bonds. The number of hydrogen-bond donors (Lipinski definition) is 0. The van der Waals surface area contributed by atoms with E-state index in [1.807, 2.05) is 48.5 Å². The Hall–Kier alpha value is -3.78. The van der Waals surface area contributed by atoms with Crippen LogP contribution in [-0.2, 0) is 25.4 Å². The molecule has 5 rings (SSSR count). The van der Waals surface area contributed by atoms with Crippen molar-refractivity contribution < 1.29 is 14.2 Å². The van der Waals surface area contributed by atoms with Crippen molar-refractivity contribution in [3.05, 3.63) is 80.6 Å². The molecule has 8 heteroatoms. The number of nitrogens with zero attached hydrogens (tertiary/aromatic N) is 3. The van der Waals surface area contributed by atoms with E-state index in [1.54, 1.807) is 18.7 Å². The molecule has 3 heterocycles. The number of fused-ring (bicyclic) bond motifs is 3. The summed E-state index contributed by atoms with van der Waals surface area (Å²) >= 11 is 0. The van der Waals surface area contributed by atoms with E-state index in [9.17, 15) is 9.59 Å². The van der Waals surface area contributed by atoms with E-state index in [0.29, 0.717) is 30.7 Å². The third kappa shape index (κ3) is 3.74. The quantitative estimate of drug-likeness (QED) is 0.426. The number of methoxy groups -OCH3 is 1. The van der Waals surface area contributed by atoms with Gasteiger partial charge in [0.15, 0.2) is 0 Å². The van der Waals surface area contributed by atoms with Crippen LogP contribution in [0.1, 0.15) is 30.7 Å². The maximum Gasteiger partial charge on any atom is 0.331 e. The highest BCUT2D eigenvalue weighted by Gasteiger charge is 2.33. The normalized spacial score (nSPS) is 15.3. The van der Waals surface area contributed by atoms with Gasteiger partial charge in [-0.15, -0.1) is 0 Å². The zero-order chi connectivity index (χ0) is 24.7. The Balaban J connectivity index is 1.77. The Labute approximate surface area is 202 Å². The second-order valence-corrected chi connectivity index (χ2v) is 8.71. The van der Waals surface area contributed by atoms with E-state index in [1.165, 1.54) is 7.05 Å². The number of aryl methyl sites for hydroxylation is 1. The summed E-state index contributed by atoms with van der Waals surface area (Å²) in [5, 5.41) is 0.508. The van der Waals surface area contributed by atoms with Gasteiger partial charge in [-0.2, -0.15) is 0 Å². The summed E-state index contributed by atoms with van der Waals surface area (Å²) in [6.07, 6.45) is 0.501. The maximum atomic E-state index is 13.5. The third-order valence-corrected chi connectivity index (χ3v) is 6.57. The molecule has 2 aromatic carbocycles. The second kappa shape index (κ2) is 9.11. The summed E-state index contributed by atoms with van der Waals surface area (Å²) in [6, 6.07) is 15.5. The van der Waals surface area contributed by atoms with Gasteiger partial charge < -0.3 is 18.8 Å². The molecule has 0 bridgehead atoms. The molecule has 0 fully saturated rings. The summed E-state index contributed by atoms with van der Waals surface area (Å²) in [7, 11) is 4.84. The lowest BCUT2D eigenvalue weighted by Crippen LogP contribution is -2.37. The van der Waals surface area contributed by atoms with Crippen LogP contribution in [0, 0.1) is 0 Å².